The van der Waals surface area contributed by atoms with Crippen LogP contribution in [0, 0.1) is 11.8 Å². The molecule has 222 valence electrons. The second-order valence-corrected chi connectivity index (χ2v) is 13.5. The molecular weight excluding hydrogens is 516 g/mol. The van der Waals surface area contributed by atoms with E-state index in [0.717, 1.165) is 90.3 Å². The third kappa shape index (κ3) is 9.30. The number of methoxy groups -OCH3 is 1. The minimum Gasteiger partial charge on any atom is -0.616 e. The topological polar surface area (TPSA) is 86.3 Å². The van der Waals surface area contributed by atoms with Crippen LogP contribution in [-0.4, -0.2) is 66.1 Å². The number of hydrogen-bond acceptors (Lipinski definition) is 7. The molecule has 9 atom stereocenters. The molecule has 0 aromatic carbocycles. The van der Waals surface area contributed by atoms with Gasteiger partial charge in [0, 0.05) is 44.0 Å². The Kier molecular flexibility index (Phi) is 13.1. The van der Waals surface area contributed by atoms with Crippen molar-refractivity contribution in [2.75, 3.05) is 20.3 Å². The van der Waals surface area contributed by atoms with Crippen molar-refractivity contribution in [2.24, 2.45) is 11.8 Å². The third-order valence-electron chi connectivity index (χ3n) is 8.71. The van der Waals surface area contributed by atoms with E-state index in [1.165, 1.54) is 26.0 Å². The van der Waals surface area contributed by atoms with Crippen molar-refractivity contribution in [3.8, 4) is 0 Å². The average Bonchev–Trinajstić information content (AvgIpc) is 3.45. The molecule has 0 N–H and O–H groups in total. The fraction of sp³-hybridized carbons (Fsp3) is 0.839. The van der Waals surface area contributed by atoms with Crippen molar-refractivity contribution in [3.63, 3.8) is 0 Å². The van der Waals surface area contributed by atoms with Crippen LogP contribution in [0.25, 0.3) is 0 Å². The molecule has 1 saturated carbocycles. The van der Waals surface area contributed by atoms with E-state index in [0.29, 0.717) is 5.92 Å². The SMILES string of the molecule is CCCCC[C@@H](/C=C/[C@@H]1[C@H]2CC(CC/C=C/C(=O)OC)[S+]([O-])[C@@H]2C[C@H]1OC1CCCCO1)OC1CCCCO1. The maximum absolute atomic E-state index is 13.6. The lowest BCUT2D eigenvalue weighted by molar-refractivity contribution is -0.192. The summed E-state index contributed by atoms with van der Waals surface area (Å²) in [7, 11) is 1.38. The first-order valence-corrected chi connectivity index (χ1v) is 16.7. The number of fused-ring (bicyclic) bond motifs is 1. The van der Waals surface area contributed by atoms with Crippen LogP contribution < -0.4 is 0 Å². The first-order valence-electron chi connectivity index (χ1n) is 15.4. The second kappa shape index (κ2) is 16.5. The number of allylic oxidation sites excluding steroid dienone is 1. The number of carbonyl (C=O) groups is 1. The Morgan fingerprint density at radius 2 is 1.85 bits per heavy atom. The van der Waals surface area contributed by atoms with Gasteiger partial charge in [0.25, 0.3) is 0 Å². The van der Waals surface area contributed by atoms with Crippen LogP contribution in [0.15, 0.2) is 24.3 Å². The van der Waals surface area contributed by atoms with Crippen LogP contribution in [0.1, 0.15) is 96.8 Å². The molecule has 0 radical (unpaired) electrons. The quantitative estimate of drug-likeness (QED) is 0.0840. The highest BCUT2D eigenvalue weighted by Gasteiger charge is 2.56. The number of unbranched alkanes of at least 4 members (excludes halogenated alkanes) is 2. The zero-order valence-corrected chi connectivity index (χ0v) is 24.8. The van der Waals surface area contributed by atoms with E-state index in [1.54, 1.807) is 0 Å². The van der Waals surface area contributed by atoms with Gasteiger partial charge in [-0.2, -0.15) is 0 Å². The molecule has 0 aromatic rings. The molecule has 4 fully saturated rings. The van der Waals surface area contributed by atoms with Crippen LogP contribution in [0.2, 0.25) is 0 Å². The summed E-state index contributed by atoms with van der Waals surface area (Å²) >= 11 is -0.912. The van der Waals surface area contributed by atoms with Gasteiger partial charge in [-0.15, -0.1) is 0 Å². The molecule has 0 amide bonds. The Labute approximate surface area is 238 Å². The van der Waals surface area contributed by atoms with Crippen molar-refractivity contribution in [1.29, 1.82) is 0 Å². The van der Waals surface area contributed by atoms with Crippen LogP contribution in [0.4, 0.5) is 0 Å². The third-order valence-corrected chi connectivity index (χ3v) is 10.9. The molecule has 8 heteroatoms. The van der Waals surface area contributed by atoms with Crippen molar-refractivity contribution in [2.45, 2.75) is 132 Å². The molecule has 1 aliphatic carbocycles. The van der Waals surface area contributed by atoms with Gasteiger partial charge in [-0.25, -0.2) is 4.79 Å². The van der Waals surface area contributed by atoms with Gasteiger partial charge in [0.05, 0.1) is 19.3 Å². The zero-order valence-electron chi connectivity index (χ0n) is 24.0. The van der Waals surface area contributed by atoms with Crippen molar-refractivity contribution in [1.82, 2.24) is 0 Å². The van der Waals surface area contributed by atoms with Gasteiger partial charge in [-0.3, -0.25) is 0 Å². The summed E-state index contributed by atoms with van der Waals surface area (Å²) in [6.45, 7) is 3.76. The molecular formula is C31H50O7S. The highest BCUT2D eigenvalue weighted by molar-refractivity contribution is 7.92. The monoisotopic (exact) mass is 566 g/mol. The lowest BCUT2D eigenvalue weighted by atomic mass is 9.89. The molecule has 0 aromatic heterocycles. The van der Waals surface area contributed by atoms with Gasteiger partial charge in [0.2, 0.25) is 0 Å². The Balaban J connectivity index is 1.43. The molecule has 0 bridgehead atoms. The standard InChI is InChI=1S/C31H50O7S/c1-3-4-5-12-23(37-30-15-8-10-19-35-30)17-18-25-26-21-24(13-6-7-14-29(32)34-2)39(33)28(26)22-27(25)38-31-16-9-11-20-36-31/h7,14,17-18,23-28,30-31H,3-6,8-13,15-16,19-22H2,1-2H3/b14-7+,18-17+/t23-,24?,25+,26+,27+,28+,30?,31?,39?/m0/s1. The van der Waals surface area contributed by atoms with Crippen molar-refractivity contribution >= 4 is 17.1 Å². The Hall–Kier alpha value is -0.900. The molecule has 3 saturated heterocycles. The predicted molar refractivity (Wildman–Crippen MR) is 153 cm³/mol. The highest BCUT2D eigenvalue weighted by atomic mass is 32.2. The van der Waals surface area contributed by atoms with E-state index in [-0.39, 0.29) is 47.2 Å². The van der Waals surface area contributed by atoms with Crippen molar-refractivity contribution < 1.29 is 33.0 Å². The zero-order chi connectivity index (χ0) is 27.5. The Morgan fingerprint density at radius 3 is 2.54 bits per heavy atom. The summed E-state index contributed by atoms with van der Waals surface area (Å²) in [6.07, 6.45) is 21.8. The average molecular weight is 567 g/mol. The summed E-state index contributed by atoms with van der Waals surface area (Å²) in [5.41, 5.74) is 0. The predicted octanol–water partition coefficient (Wildman–Crippen LogP) is 5.98. The van der Waals surface area contributed by atoms with Gasteiger partial charge < -0.3 is 28.2 Å². The van der Waals surface area contributed by atoms with Crippen LogP contribution in [0.3, 0.4) is 0 Å². The highest BCUT2D eigenvalue weighted by Crippen LogP contribution is 2.50. The number of hydrogen-bond donors (Lipinski definition) is 0. The maximum atomic E-state index is 13.6. The van der Waals surface area contributed by atoms with E-state index >= 15 is 0 Å². The molecule has 4 unspecified atom stereocenters. The smallest absolute Gasteiger partial charge is 0.330 e. The Morgan fingerprint density at radius 1 is 1.08 bits per heavy atom. The molecule has 3 heterocycles. The molecule has 7 nitrogen and oxygen atoms in total. The number of ether oxygens (including phenoxy) is 5. The molecule has 39 heavy (non-hydrogen) atoms. The number of carbonyl (C=O) groups excluding carboxylic acids is 1. The van der Waals surface area contributed by atoms with Crippen molar-refractivity contribution in [3.05, 3.63) is 24.3 Å². The molecule has 3 aliphatic heterocycles. The summed E-state index contributed by atoms with van der Waals surface area (Å²) in [5, 5.41) is 0.293. The van der Waals surface area contributed by atoms with E-state index < -0.39 is 11.2 Å². The van der Waals surface area contributed by atoms with Gasteiger partial charge in [-0.05, 0) is 69.0 Å². The van der Waals surface area contributed by atoms with Crippen LogP contribution in [-0.2, 0) is 39.7 Å². The van der Waals surface area contributed by atoms with Gasteiger partial charge in [0.1, 0.15) is 10.5 Å². The Bertz CT molecular complexity index is 777. The first kappa shape index (κ1) is 31.0. The summed E-state index contributed by atoms with van der Waals surface area (Å²) in [5.74, 6) is 0.181. The van der Waals surface area contributed by atoms with Crippen LogP contribution >= 0.6 is 0 Å². The van der Waals surface area contributed by atoms with E-state index in [2.05, 4.69) is 23.8 Å². The lowest BCUT2D eigenvalue weighted by Crippen LogP contribution is -2.32. The van der Waals surface area contributed by atoms with Gasteiger partial charge in [-0.1, -0.05) is 44.4 Å². The normalized spacial score (nSPS) is 36.0. The number of esters is 1. The van der Waals surface area contributed by atoms with E-state index in [4.69, 9.17) is 18.9 Å². The van der Waals surface area contributed by atoms with E-state index in [9.17, 15) is 9.35 Å². The molecule has 4 rings (SSSR count). The lowest BCUT2D eigenvalue weighted by Gasteiger charge is -2.30. The largest absolute Gasteiger partial charge is 0.616 e. The van der Waals surface area contributed by atoms with Gasteiger partial charge in [0.15, 0.2) is 12.6 Å². The van der Waals surface area contributed by atoms with Gasteiger partial charge >= 0.3 is 5.97 Å². The van der Waals surface area contributed by atoms with Crippen LogP contribution in [0.5, 0.6) is 0 Å². The summed E-state index contributed by atoms with van der Waals surface area (Å²) in [4.78, 5) is 11.4. The fourth-order valence-corrected chi connectivity index (χ4v) is 8.86. The maximum Gasteiger partial charge on any atom is 0.330 e. The summed E-state index contributed by atoms with van der Waals surface area (Å²) in [6, 6.07) is 0. The fourth-order valence-electron chi connectivity index (χ4n) is 6.57. The summed E-state index contributed by atoms with van der Waals surface area (Å²) < 4.78 is 43.1. The first-order chi connectivity index (χ1) is 19.1. The minimum absolute atomic E-state index is 0.0192. The number of rotatable bonds is 14. The molecule has 4 aliphatic rings. The molecule has 0 spiro atoms. The second-order valence-electron chi connectivity index (χ2n) is 11.5. The minimum atomic E-state index is -0.912. The van der Waals surface area contributed by atoms with E-state index in [1.807, 2.05) is 6.08 Å².